The average molecular weight is 457 g/mol. The first-order valence-electron chi connectivity index (χ1n) is 11.0. The third-order valence-electron chi connectivity index (χ3n) is 6.55. The number of pyridine rings is 1. The minimum absolute atomic E-state index is 0.00945. The van der Waals surface area contributed by atoms with Crippen molar-refractivity contribution in [2.24, 2.45) is 0 Å². The summed E-state index contributed by atoms with van der Waals surface area (Å²) in [5.74, 6) is 0.0728. The maximum absolute atomic E-state index is 12.4. The maximum Gasteiger partial charge on any atom is 0.356 e. The Morgan fingerprint density at radius 2 is 1.94 bits per heavy atom. The van der Waals surface area contributed by atoms with Crippen LogP contribution in [-0.2, 0) is 10.2 Å². The molecule has 8 heteroatoms. The zero-order valence-corrected chi connectivity index (χ0v) is 18.8. The van der Waals surface area contributed by atoms with Crippen LogP contribution >= 0.6 is 0 Å². The number of anilines is 1. The van der Waals surface area contributed by atoms with Crippen LogP contribution in [0.3, 0.4) is 0 Å². The third-order valence-corrected chi connectivity index (χ3v) is 6.55. The molecule has 0 aliphatic carbocycles. The highest BCUT2D eigenvalue weighted by molar-refractivity contribution is 5.87. The van der Waals surface area contributed by atoms with E-state index >= 15 is 0 Å². The lowest BCUT2D eigenvalue weighted by molar-refractivity contribution is -0.384. The number of nitro groups is 1. The van der Waals surface area contributed by atoms with Gasteiger partial charge in [-0.3, -0.25) is 10.1 Å². The SMILES string of the molecule is CC1(C)c2ccccc2N(CCOC(=O)c2ccccn2)C12C=Cc1cc([N+](=O)[O-])ccc1O2. The van der Waals surface area contributed by atoms with E-state index < -0.39 is 22.0 Å². The molecule has 0 fully saturated rings. The van der Waals surface area contributed by atoms with Crippen LogP contribution in [0.1, 0.15) is 35.5 Å². The number of nitro benzene ring substituents is 1. The van der Waals surface area contributed by atoms with Crippen LogP contribution in [0.4, 0.5) is 11.4 Å². The molecule has 0 radical (unpaired) electrons. The summed E-state index contributed by atoms with van der Waals surface area (Å²) in [7, 11) is 0. The standard InChI is InChI=1S/C26H23N3O5/c1-25(2)20-7-3-4-9-22(20)28(15-16-33-24(30)21-8-5-6-14-27-21)26(25)13-12-18-17-19(29(31)32)10-11-23(18)34-26/h3-14,17H,15-16H2,1-2H3. The van der Waals surface area contributed by atoms with Gasteiger partial charge >= 0.3 is 5.97 Å². The Bertz CT molecular complexity index is 1300. The molecule has 3 heterocycles. The summed E-state index contributed by atoms with van der Waals surface area (Å²) in [4.78, 5) is 29.3. The molecule has 1 atom stereocenters. The summed E-state index contributed by atoms with van der Waals surface area (Å²) in [5, 5.41) is 11.2. The fourth-order valence-electron chi connectivity index (χ4n) is 4.78. The van der Waals surface area contributed by atoms with Crippen molar-refractivity contribution in [1.29, 1.82) is 0 Å². The van der Waals surface area contributed by atoms with E-state index in [1.54, 1.807) is 30.5 Å². The van der Waals surface area contributed by atoms with Gasteiger partial charge < -0.3 is 14.4 Å². The molecule has 2 aromatic carbocycles. The average Bonchev–Trinajstić information content (AvgIpc) is 3.02. The first-order valence-corrected chi connectivity index (χ1v) is 11.0. The molecule has 1 unspecified atom stereocenters. The zero-order chi connectivity index (χ0) is 23.9. The maximum atomic E-state index is 12.4. The lowest BCUT2D eigenvalue weighted by atomic mass is 9.76. The number of benzene rings is 2. The molecule has 5 rings (SSSR count). The first-order chi connectivity index (χ1) is 16.3. The second kappa shape index (κ2) is 7.98. The molecule has 2 aliphatic rings. The van der Waals surface area contributed by atoms with E-state index in [4.69, 9.17) is 9.47 Å². The lowest BCUT2D eigenvalue weighted by Crippen LogP contribution is -2.60. The van der Waals surface area contributed by atoms with Gasteiger partial charge in [0.2, 0.25) is 5.72 Å². The highest BCUT2D eigenvalue weighted by Crippen LogP contribution is 2.54. The Balaban J connectivity index is 1.47. The molecule has 1 spiro atoms. The van der Waals surface area contributed by atoms with Crippen LogP contribution in [-0.4, -0.2) is 34.8 Å². The van der Waals surface area contributed by atoms with Gasteiger partial charge in [0.25, 0.3) is 5.69 Å². The monoisotopic (exact) mass is 457 g/mol. The molecule has 8 nitrogen and oxygen atoms in total. The first kappa shape index (κ1) is 21.6. The number of nitrogens with zero attached hydrogens (tertiary/aromatic N) is 3. The van der Waals surface area contributed by atoms with Gasteiger partial charge in [0.05, 0.1) is 16.9 Å². The quantitative estimate of drug-likeness (QED) is 0.310. The molecular weight excluding hydrogens is 434 g/mol. The number of carbonyl (C=O) groups is 1. The van der Waals surface area contributed by atoms with Crippen LogP contribution in [0.2, 0.25) is 0 Å². The van der Waals surface area contributed by atoms with Crippen molar-refractivity contribution in [3.8, 4) is 5.75 Å². The smallest absolute Gasteiger partial charge is 0.356 e. The molecular formula is C26H23N3O5. The Labute approximate surface area is 196 Å². The number of non-ortho nitro benzene ring substituents is 1. The van der Waals surface area contributed by atoms with Crippen LogP contribution < -0.4 is 9.64 Å². The van der Waals surface area contributed by atoms with Crippen LogP contribution in [0.15, 0.2) is 72.9 Å². The predicted octanol–water partition coefficient (Wildman–Crippen LogP) is 4.75. The van der Waals surface area contributed by atoms with Crippen molar-refractivity contribution in [1.82, 2.24) is 4.98 Å². The van der Waals surface area contributed by atoms with Gasteiger partial charge in [0, 0.05) is 29.6 Å². The number of aromatic nitrogens is 1. The molecule has 0 saturated carbocycles. The van der Waals surface area contributed by atoms with Crippen molar-refractivity contribution in [3.63, 3.8) is 0 Å². The second-order valence-corrected chi connectivity index (χ2v) is 8.76. The van der Waals surface area contributed by atoms with E-state index in [2.05, 4.69) is 29.8 Å². The summed E-state index contributed by atoms with van der Waals surface area (Å²) < 4.78 is 12.2. The summed E-state index contributed by atoms with van der Waals surface area (Å²) in [5.41, 5.74) is 1.62. The van der Waals surface area contributed by atoms with Crippen LogP contribution in [0.25, 0.3) is 6.08 Å². The molecule has 0 bridgehead atoms. The molecule has 2 aliphatic heterocycles. The van der Waals surface area contributed by atoms with Gasteiger partial charge in [0.15, 0.2) is 0 Å². The van der Waals surface area contributed by atoms with Gasteiger partial charge in [-0.15, -0.1) is 0 Å². The van der Waals surface area contributed by atoms with Gasteiger partial charge in [-0.2, -0.15) is 0 Å². The largest absolute Gasteiger partial charge is 0.463 e. The second-order valence-electron chi connectivity index (χ2n) is 8.76. The fraction of sp³-hybridized carbons (Fsp3) is 0.231. The van der Waals surface area contributed by atoms with Gasteiger partial charge in [-0.25, -0.2) is 9.78 Å². The number of ether oxygens (including phenoxy) is 2. The predicted molar refractivity (Wildman–Crippen MR) is 127 cm³/mol. The number of hydrogen-bond acceptors (Lipinski definition) is 7. The molecule has 0 N–H and O–H groups in total. The van der Waals surface area contributed by atoms with Crippen molar-refractivity contribution in [3.05, 3.63) is 99.9 Å². The topological polar surface area (TPSA) is 94.8 Å². The fourth-order valence-corrected chi connectivity index (χ4v) is 4.78. The minimum atomic E-state index is -0.906. The summed E-state index contributed by atoms with van der Waals surface area (Å²) in [6.07, 6.45) is 5.36. The molecule has 0 saturated heterocycles. The number of fused-ring (bicyclic) bond motifs is 2. The Hall–Kier alpha value is -4.20. The van der Waals surface area contributed by atoms with Crippen LogP contribution in [0, 0.1) is 10.1 Å². The van der Waals surface area contributed by atoms with Crippen molar-refractivity contribution in [2.75, 3.05) is 18.1 Å². The molecule has 172 valence electrons. The van der Waals surface area contributed by atoms with Gasteiger partial charge in [0.1, 0.15) is 18.1 Å². The van der Waals surface area contributed by atoms with Gasteiger partial charge in [-0.05, 0) is 55.8 Å². The molecule has 34 heavy (non-hydrogen) atoms. The van der Waals surface area contributed by atoms with E-state index in [0.717, 1.165) is 11.3 Å². The third kappa shape index (κ3) is 3.30. The Kier molecular flexibility index (Phi) is 5.08. The van der Waals surface area contributed by atoms with Crippen molar-refractivity contribution >= 4 is 23.4 Å². The number of para-hydroxylation sites is 1. The Morgan fingerprint density at radius 1 is 1.15 bits per heavy atom. The molecule has 0 amide bonds. The number of hydrogen-bond donors (Lipinski definition) is 0. The lowest BCUT2D eigenvalue weighted by Gasteiger charge is -2.47. The zero-order valence-electron chi connectivity index (χ0n) is 18.8. The highest BCUT2D eigenvalue weighted by Gasteiger charge is 2.58. The van der Waals surface area contributed by atoms with E-state index in [1.807, 2.05) is 30.4 Å². The van der Waals surface area contributed by atoms with E-state index in [9.17, 15) is 14.9 Å². The summed E-state index contributed by atoms with van der Waals surface area (Å²) in [6, 6.07) is 17.7. The summed E-state index contributed by atoms with van der Waals surface area (Å²) in [6.45, 7) is 4.72. The van der Waals surface area contributed by atoms with E-state index in [0.29, 0.717) is 17.9 Å². The Morgan fingerprint density at radius 3 is 2.71 bits per heavy atom. The molecule has 3 aromatic rings. The van der Waals surface area contributed by atoms with Crippen LogP contribution in [0.5, 0.6) is 5.75 Å². The highest BCUT2D eigenvalue weighted by atomic mass is 16.6. The number of carbonyl (C=O) groups excluding carboxylic acids is 1. The van der Waals surface area contributed by atoms with Gasteiger partial charge in [-0.1, -0.05) is 24.3 Å². The normalized spacial score (nSPS) is 19.3. The van der Waals surface area contributed by atoms with Crippen molar-refractivity contribution in [2.45, 2.75) is 25.0 Å². The summed E-state index contributed by atoms with van der Waals surface area (Å²) >= 11 is 0. The number of rotatable bonds is 5. The van der Waals surface area contributed by atoms with E-state index in [1.165, 1.54) is 12.1 Å². The van der Waals surface area contributed by atoms with Crippen molar-refractivity contribution < 1.29 is 19.2 Å². The minimum Gasteiger partial charge on any atom is -0.463 e. The molecule has 1 aromatic heterocycles. The number of esters is 1. The van der Waals surface area contributed by atoms with E-state index in [-0.39, 0.29) is 18.0 Å².